The number of methoxy groups -OCH3 is 1. The molecule has 342 valence electrons. The van der Waals surface area contributed by atoms with E-state index in [-0.39, 0.29) is 0 Å². The van der Waals surface area contributed by atoms with E-state index in [2.05, 4.69) is 231 Å². The fourth-order valence-corrected chi connectivity index (χ4v) is 27.8. The van der Waals surface area contributed by atoms with Crippen molar-refractivity contribution in [3.05, 3.63) is 133 Å². The van der Waals surface area contributed by atoms with E-state index in [1.54, 1.807) is 17.5 Å². The second-order valence-corrected chi connectivity index (χ2v) is 33.3. The molecule has 0 aliphatic carbocycles. The Hall–Kier alpha value is -5.83. The van der Waals surface area contributed by atoms with E-state index in [0.29, 0.717) is 33.2 Å². The fraction of sp³-hybridized carbons (Fsp3) is 0.311. The van der Waals surface area contributed by atoms with Gasteiger partial charge in [0.1, 0.15) is 5.75 Å². The maximum atomic E-state index is 5.65. The van der Waals surface area contributed by atoms with Crippen molar-refractivity contribution in [2.75, 3.05) is 7.11 Å². The Kier molecular flexibility index (Phi) is 11.2. The summed E-state index contributed by atoms with van der Waals surface area (Å²) >= 11 is 0. The van der Waals surface area contributed by atoms with Gasteiger partial charge < -0.3 is 19.3 Å². The van der Waals surface area contributed by atoms with Gasteiger partial charge in [-0.15, -0.1) is 0 Å². The molecule has 0 spiro atoms. The summed E-state index contributed by atoms with van der Waals surface area (Å²) in [5.41, 5.74) is 16.9. The van der Waals surface area contributed by atoms with Gasteiger partial charge in [0.2, 0.25) is 0 Å². The van der Waals surface area contributed by atoms with Crippen molar-refractivity contribution >= 4 is 91.9 Å². The first kappa shape index (κ1) is 45.0. The van der Waals surface area contributed by atoms with E-state index >= 15 is 0 Å². The molecule has 0 aliphatic rings. The minimum absolute atomic E-state index is 0.586. The van der Waals surface area contributed by atoms with E-state index < -0.39 is 16.1 Å². The number of nitrogens with one attached hydrogen (secondary N) is 2. The Balaban J connectivity index is 1.29. The van der Waals surface area contributed by atoms with Gasteiger partial charge in [0.25, 0.3) is 0 Å². The van der Waals surface area contributed by atoms with Gasteiger partial charge in [-0.05, 0) is 105 Å². The molecular weight excluding hydrogens is 847 g/mol. The Bertz CT molecular complexity index is 3240. The summed E-state index contributed by atoms with van der Waals surface area (Å²) in [5, 5.41) is 10.9. The van der Waals surface area contributed by atoms with Crippen LogP contribution in [0.1, 0.15) is 83.1 Å². The highest BCUT2D eigenvalue weighted by Crippen LogP contribution is 2.47. The molecule has 3 heterocycles. The monoisotopic (exact) mass is 915 g/mol. The quantitative estimate of drug-likeness (QED) is 0.118. The van der Waals surface area contributed by atoms with Crippen molar-refractivity contribution in [2.24, 2.45) is 0 Å². The number of benzene rings is 7. The first-order valence-corrected chi connectivity index (χ1v) is 29.4. The van der Waals surface area contributed by atoms with Crippen molar-refractivity contribution in [3.63, 3.8) is 0 Å². The predicted octanol–water partition coefficient (Wildman–Crippen LogP) is 17.2. The number of rotatable bonds is 12. The van der Waals surface area contributed by atoms with Crippen LogP contribution in [-0.2, 0) is 0 Å². The van der Waals surface area contributed by atoms with E-state index in [1.807, 2.05) is 0 Å². The molecule has 2 N–H and O–H groups in total. The van der Waals surface area contributed by atoms with Crippen molar-refractivity contribution in [2.45, 2.75) is 116 Å². The molecule has 0 amide bonds. The Labute approximate surface area is 399 Å². The van der Waals surface area contributed by atoms with E-state index in [9.17, 15) is 0 Å². The maximum Gasteiger partial charge on any atom is 0.119 e. The molecule has 6 heteroatoms. The number of hydrogen-bond acceptors (Lipinski definition) is 1. The lowest BCUT2D eigenvalue weighted by Gasteiger charge is -2.44. The van der Waals surface area contributed by atoms with Gasteiger partial charge in [-0.3, -0.25) is 0 Å². The molecule has 7 aromatic carbocycles. The zero-order valence-electron chi connectivity index (χ0n) is 42.0. The SMILES string of the molecule is COc1ccc(-n2c3ccc(-c4cc([Si](C(C)C)(C(C)C)C(C)C)cc5c4[nH]c4ccccc45)cc3c3cc(-c4cc([Si](C(C)C)(C(C)C)C(C)C)cc5c4[nH]c4ccccc45)ccc32)cc1. The van der Waals surface area contributed by atoms with Crippen molar-refractivity contribution < 1.29 is 4.74 Å². The molecule has 0 unspecified atom stereocenters. The van der Waals surface area contributed by atoms with Crippen molar-refractivity contribution in [1.29, 1.82) is 0 Å². The third-order valence-corrected chi connectivity index (χ3v) is 30.7. The number of para-hydroxylation sites is 2. The molecule has 10 rings (SSSR count). The van der Waals surface area contributed by atoms with Crippen LogP contribution < -0.4 is 15.1 Å². The first-order valence-electron chi connectivity index (χ1n) is 25.0. The molecule has 0 saturated heterocycles. The number of ether oxygens (including phenoxy) is 1. The molecule has 0 bridgehead atoms. The predicted molar refractivity (Wildman–Crippen MR) is 298 cm³/mol. The normalized spacial score (nSPS) is 13.1. The van der Waals surface area contributed by atoms with Crippen molar-refractivity contribution in [1.82, 2.24) is 14.5 Å². The highest BCUT2D eigenvalue weighted by Gasteiger charge is 2.46. The lowest BCUT2D eigenvalue weighted by molar-refractivity contribution is 0.415. The standard InChI is InChI=1S/C61H69N3OSi2/c1-36(2)66(37(3)4,38(5)6)46-32-50(60-54(34-46)48-18-14-16-20-56(48)62-60)42-22-28-58-52(30-42)53-31-43(23-29-59(53)64(58)44-24-26-45(65-13)27-25-44)51-33-47(67(39(7)8,40(9)10)41(11)12)35-55-49-19-15-17-21-57(49)63-61(51)55/h14-41,62-63H,1-13H3. The molecule has 0 aliphatic heterocycles. The molecule has 3 aromatic heterocycles. The first-order chi connectivity index (χ1) is 32.1. The topological polar surface area (TPSA) is 45.7 Å². The number of aromatic nitrogens is 3. The zero-order chi connectivity index (χ0) is 47.3. The summed E-state index contributed by atoms with van der Waals surface area (Å²) in [6.45, 7) is 29.8. The maximum absolute atomic E-state index is 5.65. The third kappa shape index (κ3) is 6.71. The molecule has 0 fully saturated rings. The van der Waals surface area contributed by atoms with Crippen LogP contribution in [0, 0.1) is 0 Å². The van der Waals surface area contributed by atoms with Crippen LogP contribution in [0.3, 0.4) is 0 Å². The van der Waals surface area contributed by atoms with Gasteiger partial charge in [-0.1, -0.05) is 166 Å². The molecule has 0 radical (unpaired) electrons. The number of hydrogen-bond donors (Lipinski definition) is 2. The van der Waals surface area contributed by atoms with Gasteiger partial charge in [-0.25, -0.2) is 0 Å². The van der Waals surface area contributed by atoms with E-state index in [4.69, 9.17) is 4.74 Å². The van der Waals surface area contributed by atoms with Gasteiger partial charge in [0, 0.05) is 60.2 Å². The molecule has 4 nitrogen and oxygen atoms in total. The molecule has 67 heavy (non-hydrogen) atoms. The summed E-state index contributed by atoms with van der Waals surface area (Å²) in [7, 11) is -2.34. The number of nitrogens with zero attached hydrogens (tertiary/aromatic N) is 1. The molecular formula is C61H69N3OSi2. The van der Waals surface area contributed by atoms with Crippen LogP contribution in [0.25, 0.3) is 93.4 Å². The van der Waals surface area contributed by atoms with E-state index in [1.165, 1.54) is 87.7 Å². The fourth-order valence-electron chi connectivity index (χ4n) is 14.2. The number of fused-ring (bicyclic) bond motifs is 9. The summed E-state index contributed by atoms with van der Waals surface area (Å²) in [5.74, 6) is 0.853. The van der Waals surface area contributed by atoms with Gasteiger partial charge in [0.15, 0.2) is 0 Å². The van der Waals surface area contributed by atoms with Crippen LogP contribution >= 0.6 is 0 Å². The van der Waals surface area contributed by atoms with Crippen LogP contribution in [0.2, 0.25) is 33.2 Å². The summed E-state index contributed by atoms with van der Waals surface area (Å²) in [6.07, 6.45) is 0. The average molecular weight is 916 g/mol. The molecule has 0 atom stereocenters. The molecule has 10 aromatic rings. The molecule has 0 saturated carbocycles. The third-order valence-electron chi connectivity index (χ3n) is 16.7. The summed E-state index contributed by atoms with van der Waals surface area (Å²) < 4.78 is 8.10. The number of H-pyrrole nitrogens is 2. The van der Waals surface area contributed by atoms with Crippen LogP contribution in [0.5, 0.6) is 5.75 Å². The van der Waals surface area contributed by atoms with Gasteiger partial charge >= 0.3 is 0 Å². The van der Waals surface area contributed by atoms with Crippen LogP contribution in [-0.4, -0.2) is 37.8 Å². The highest BCUT2D eigenvalue weighted by molar-refractivity contribution is 6.95. The van der Waals surface area contributed by atoms with Crippen LogP contribution in [0.15, 0.2) is 133 Å². The largest absolute Gasteiger partial charge is 0.497 e. The smallest absolute Gasteiger partial charge is 0.119 e. The Morgan fingerprint density at radius 2 is 0.791 bits per heavy atom. The second-order valence-electron chi connectivity index (χ2n) is 21.5. The minimum Gasteiger partial charge on any atom is -0.497 e. The zero-order valence-corrected chi connectivity index (χ0v) is 44.0. The van der Waals surface area contributed by atoms with Gasteiger partial charge in [0.05, 0.1) is 45.3 Å². The average Bonchev–Trinajstić information content (AvgIpc) is 3.97. The second kappa shape index (κ2) is 16.7. The van der Waals surface area contributed by atoms with Gasteiger partial charge in [-0.2, -0.15) is 0 Å². The summed E-state index contributed by atoms with van der Waals surface area (Å²) in [4.78, 5) is 7.87. The lowest BCUT2D eigenvalue weighted by Crippen LogP contribution is -2.55. The summed E-state index contributed by atoms with van der Waals surface area (Å²) in [6, 6.07) is 51.2. The Morgan fingerprint density at radius 3 is 1.16 bits per heavy atom. The minimum atomic E-state index is -2.04. The van der Waals surface area contributed by atoms with Crippen molar-refractivity contribution in [3.8, 4) is 33.7 Å². The van der Waals surface area contributed by atoms with Crippen LogP contribution in [0.4, 0.5) is 0 Å². The Morgan fingerprint density at radius 1 is 0.403 bits per heavy atom. The highest BCUT2D eigenvalue weighted by atomic mass is 28.3. The van der Waals surface area contributed by atoms with E-state index in [0.717, 1.165) is 11.4 Å². The lowest BCUT2D eigenvalue weighted by atomic mass is 9.98. The number of aromatic amines is 2.